The Balaban J connectivity index is 1.82. The van der Waals surface area contributed by atoms with Gasteiger partial charge in [0.1, 0.15) is 5.75 Å². The maximum absolute atomic E-state index is 9.65. The Morgan fingerprint density at radius 1 is 1.04 bits per heavy atom. The molecule has 0 fully saturated rings. The minimum Gasteiger partial charge on any atom is -0.508 e. The average Bonchev–Trinajstić information content (AvgIpc) is 2.67. The SMILES string of the molecule is CCNC(=NCC(CO)c1ccccc1)NCCCc1ccc(O)cc1. The van der Waals surface area contributed by atoms with Gasteiger partial charge in [-0.2, -0.15) is 0 Å². The van der Waals surface area contributed by atoms with Gasteiger partial charge in [0.25, 0.3) is 0 Å². The first kappa shape index (κ1) is 19.8. The fourth-order valence-electron chi connectivity index (χ4n) is 2.70. The number of aliphatic hydroxyl groups is 1. The highest BCUT2D eigenvalue weighted by molar-refractivity contribution is 5.79. The van der Waals surface area contributed by atoms with E-state index in [-0.39, 0.29) is 12.5 Å². The van der Waals surface area contributed by atoms with Crippen LogP contribution in [-0.4, -0.2) is 42.4 Å². The topological polar surface area (TPSA) is 76.9 Å². The fourth-order valence-corrected chi connectivity index (χ4v) is 2.70. The summed E-state index contributed by atoms with van der Waals surface area (Å²) in [5.41, 5.74) is 2.30. The zero-order valence-corrected chi connectivity index (χ0v) is 15.4. The van der Waals surface area contributed by atoms with Gasteiger partial charge in [-0.25, -0.2) is 0 Å². The number of aliphatic imine (C=N–C) groups is 1. The van der Waals surface area contributed by atoms with Crippen LogP contribution in [-0.2, 0) is 6.42 Å². The molecule has 0 bridgehead atoms. The van der Waals surface area contributed by atoms with Gasteiger partial charge in [-0.3, -0.25) is 4.99 Å². The van der Waals surface area contributed by atoms with E-state index < -0.39 is 0 Å². The van der Waals surface area contributed by atoms with Gasteiger partial charge < -0.3 is 20.8 Å². The molecular formula is C21H29N3O2. The molecule has 2 aromatic carbocycles. The van der Waals surface area contributed by atoms with Crippen LogP contribution in [0.2, 0.25) is 0 Å². The number of hydrogen-bond donors (Lipinski definition) is 4. The third-order valence-corrected chi connectivity index (χ3v) is 4.18. The van der Waals surface area contributed by atoms with Crippen LogP contribution in [0.1, 0.15) is 30.4 Å². The molecule has 0 saturated heterocycles. The van der Waals surface area contributed by atoms with Gasteiger partial charge in [0.2, 0.25) is 0 Å². The summed E-state index contributed by atoms with van der Waals surface area (Å²) in [7, 11) is 0. The molecule has 0 aliphatic rings. The summed E-state index contributed by atoms with van der Waals surface area (Å²) in [4.78, 5) is 4.62. The Hall–Kier alpha value is -2.53. The van der Waals surface area contributed by atoms with E-state index in [0.29, 0.717) is 12.3 Å². The quantitative estimate of drug-likeness (QED) is 0.317. The lowest BCUT2D eigenvalue weighted by atomic mass is 10.0. The van der Waals surface area contributed by atoms with Crippen molar-refractivity contribution in [3.05, 3.63) is 65.7 Å². The fraction of sp³-hybridized carbons (Fsp3) is 0.381. The summed E-state index contributed by atoms with van der Waals surface area (Å²) in [6, 6.07) is 17.3. The number of benzene rings is 2. The number of aryl methyl sites for hydroxylation is 1. The highest BCUT2D eigenvalue weighted by Crippen LogP contribution is 2.15. The van der Waals surface area contributed by atoms with Crippen LogP contribution in [0.5, 0.6) is 5.75 Å². The number of nitrogens with zero attached hydrogens (tertiary/aromatic N) is 1. The number of nitrogens with one attached hydrogen (secondary N) is 2. The molecule has 0 aromatic heterocycles. The number of hydrogen-bond acceptors (Lipinski definition) is 3. The second kappa shape index (κ2) is 11.2. The van der Waals surface area contributed by atoms with E-state index in [9.17, 15) is 10.2 Å². The van der Waals surface area contributed by atoms with Gasteiger partial charge in [-0.05, 0) is 43.0 Å². The van der Waals surface area contributed by atoms with Crippen molar-refractivity contribution in [2.75, 3.05) is 26.2 Å². The predicted octanol–water partition coefficient (Wildman–Crippen LogP) is 2.66. The second-order valence-corrected chi connectivity index (χ2v) is 6.21. The van der Waals surface area contributed by atoms with Gasteiger partial charge >= 0.3 is 0 Å². The molecule has 1 unspecified atom stereocenters. The number of aliphatic hydroxyl groups excluding tert-OH is 1. The molecule has 1 atom stereocenters. The van der Waals surface area contributed by atoms with E-state index in [0.717, 1.165) is 37.5 Å². The Morgan fingerprint density at radius 3 is 2.42 bits per heavy atom. The van der Waals surface area contributed by atoms with E-state index in [1.54, 1.807) is 12.1 Å². The van der Waals surface area contributed by atoms with Crippen molar-refractivity contribution in [2.24, 2.45) is 4.99 Å². The van der Waals surface area contributed by atoms with Crippen molar-refractivity contribution < 1.29 is 10.2 Å². The van der Waals surface area contributed by atoms with Crippen molar-refractivity contribution in [1.82, 2.24) is 10.6 Å². The van der Waals surface area contributed by atoms with Crippen molar-refractivity contribution in [2.45, 2.75) is 25.7 Å². The molecule has 0 saturated carbocycles. The largest absolute Gasteiger partial charge is 0.508 e. The van der Waals surface area contributed by atoms with Crippen molar-refractivity contribution >= 4 is 5.96 Å². The summed E-state index contributed by atoms with van der Waals surface area (Å²) in [6.45, 7) is 4.25. The molecule has 0 aliphatic carbocycles. The maximum Gasteiger partial charge on any atom is 0.191 e. The third kappa shape index (κ3) is 6.76. The summed E-state index contributed by atoms with van der Waals surface area (Å²) in [5.74, 6) is 1.07. The van der Waals surface area contributed by atoms with Crippen molar-refractivity contribution in [3.8, 4) is 5.75 Å². The van der Waals surface area contributed by atoms with Gasteiger partial charge in [-0.1, -0.05) is 42.5 Å². The predicted molar refractivity (Wildman–Crippen MR) is 107 cm³/mol. The number of guanidine groups is 1. The number of aromatic hydroxyl groups is 1. The lowest BCUT2D eigenvalue weighted by molar-refractivity contribution is 0.268. The van der Waals surface area contributed by atoms with Crippen LogP contribution in [0.4, 0.5) is 0 Å². The second-order valence-electron chi connectivity index (χ2n) is 6.21. The van der Waals surface area contributed by atoms with E-state index >= 15 is 0 Å². The standard InChI is InChI=1S/C21H29N3O2/c1-2-22-21(23-14-6-7-17-10-12-20(26)13-11-17)24-15-19(16-25)18-8-4-3-5-9-18/h3-5,8-13,19,25-26H,2,6-7,14-16H2,1H3,(H2,22,23,24). The molecule has 5 nitrogen and oxygen atoms in total. The van der Waals surface area contributed by atoms with E-state index in [1.807, 2.05) is 49.4 Å². The van der Waals surface area contributed by atoms with Gasteiger partial charge in [0, 0.05) is 19.0 Å². The Bertz CT molecular complexity index is 657. The molecular weight excluding hydrogens is 326 g/mol. The normalized spacial score (nSPS) is 12.6. The molecule has 0 radical (unpaired) electrons. The van der Waals surface area contributed by atoms with Crippen molar-refractivity contribution in [3.63, 3.8) is 0 Å². The summed E-state index contributed by atoms with van der Waals surface area (Å²) >= 11 is 0. The Labute approximate surface area is 155 Å². The van der Waals surface area contributed by atoms with Crippen LogP contribution in [0.15, 0.2) is 59.6 Å². The van der Waals surface area contributed by atoms with Crippen LogP contribution in [0, 0.1) is 0 Å². The van der Waals surface area contributed by atoms with Gasteiger partial charge in [0.05, 0.1) is 13.2 Å². The first-order valence-corrected chi connectivity index (χ1v) is 9.18. The van der Waals surface area contributed by atoms with E-state index in [1.165, 1.54) is 5.56 Å². The van der Waals surface area contributed by atoms with Crippen LogP contribution in [0.3, 0.4) is 0 Å². The molecule has 4 N–H and O–H groups in total. The van der Waals surface area contributed by atoms with Crippen molar-refractivity contribution in [1.29, 1.82) is 0 Å². The third-order valence-electron chi connectivity index (χ3n) is 4.18. The Morgan fingerprint density at radius 2 is 1.77 bits per heavy atom. The van der Waals surface area contributed by atoms with Crippen LogP contribution >= 0.6 is 0 Å². The first-order chi connectivity index (χ1) is 12.7. The summed E-state index contributed by atoms with van der Waals surface area (Å²) in [5, 5.41) is 25.6. The smallest absolute Gasteiger partial charge is 0.191 e. The molecule has 0 spiro atoms. The average molecular weight is 355 g/mol. The first-order valence-electron chi connectivity index (χ1n) is 9.18. The lowest BCUT2D eigenvalue weighted by Crippen LogP contribution is -2.38. The molecule has 0 heterocycles. The minimum absolute atomic E-state index is 0.00338. The van der Waals surface area contributed by atoms with Crippen LogP contribution < -0.4 is 10.6 Å². The molecule has 2 rings (SSSR count). The highest BCUT2D eigenvalue weighted by Gasteiger charge is 2.09. The Kier molecular flexibility index (Phi) is 8.49. The summed E-state index contributed by atoms with van der Waals surface area (Å²) in [6.07, 6.45) is 1.91. The maximum atomic E-state index is 9.65. The minimum atomic E-state index is 0.00338. The number of phenols is 1. The molecule has 140 valence electrons. The lowest BCUT2D eigenvalue weighted by Gasteiger charge is -2.15. The summed E-state index contributed by atoms with van der Waals surface area (Å²) < 4.78 is 0. The molecule has 2 aromatic rings. The molecule has 5 heteroatoms. The highest BCUT2D eigenvalue weighted by atomic mass is 16.3. The van der Waals surface area contributed by atoms with E-state index in [4.69, 9.17) is 0 Å². The monoisotopic (exact) mass is 355 g/mol. The number of rotatable bonds is 9. The zero-order chi connectivity index (χ0) is 18.6. The van der Waals surface area contributed by atoms with Gasteiger partial charge in [-0.15, -0.1) is 0 Å². The molecule has 0 amide bonds. The van der Waals surface area contributed by atoms with E-state index in [2.05, 4.69) is 15.6 Å². The van der Waals surface area contributed by atoms with Gasteiger partial charge in [0.15, 0.2) is 5.96 Å². The number of phenolic OH excluding ortho intramolecular Hbond substituents is 1. The molecule has 26 heavy (non-hydrogen) atoms. The molecule has 0 aliphatic heterocycles. The zero-order valence-electron chi connectivity index (χ0n) is 15.4. The van der Waals surface area contributed by atoms with Crippen LogP contribution in [0.25, 0.3) is 0 Å².